The highest BCUT2D eigenvalue weighted by Gasteiger charge is 2.37. The number of ether oxygens (including phenoxy) is 2. The van der Waals surface area contributed by atoms with Crippen molar-refractivity contribution in [2.24, 2.45) is 0 Å². The Morgan fingerprint density at radius 1 is 1.23 bits per heavy atom. The van der Waals surface area contributed by atoms with Crippen LogP contribution < -0.4 is 19.7 Å². The Kier molecular flexibility index (Phi) is 7.93. The van der Waals surface area contributed by atoms with Gasteiger partial charge in [0.1, 0.15) is 5.57 Å². The summed E-state index contributed by atoms with van der Waals surface area (Å²) >= 11 is 6.16. The largest absolute Gasteiger partial charge is 0.490 e. The number of urea groups is 1. The third kappa shape index (κ3) is 5.52. The number of nitrogens with one attached hydrogen (secondary N) is 1. The van der Waals surface area contributed by atoms with Gasteiger partial charge in [-0.3, -0.25) is 14.9 Å². The molecule has 3 rings (SSSR count). The van der Waals surface area contributed by atoms with Crippen molar-refractivity contribution in [2.45, 2.75) is 20.3 Å². The van der Waals surface area contributed by atoms with Gasteiger partial charge in [0.25, 0.3) is 11.8 Å². The molecule has 0 saturated carbocycles. The highest BCUT2D eigenvalue weighted by Crippen LogP contribution is 2.35. The third-order valence-corrected chi connectivity index (χ3v) is 5.46. The van der Waals surface area contributed by atoms with Crippen molar-refractivity contribution in [1.29, 1.82) is 0 Å². The van der Waals surface area contributed by atoms with Crippen LogP contribution in [-0.2, 0) is 20.8 Å². The van der Waals surface area contributed by atoms with E-state index in [0.29, 0.717) is 28.1 Å². The summed E-state index contributed by atoms with van der Waals surface area (Å²) in [6.45, 7) is 6.78. The van der Waals surface area contributed by atoms with Crippen LogP contribution in [0.3, 0.4) is 0 Å². The Bertz CT molecular complexity index is 1250. The van der Waals surface area contributed by atoms with Gasteiger partial charge in [0, 0.05) is 10.6 Å². The van der Waals surface area contributed by atoms with Gasteiger partial charge in [0.2, 0.25) is 0 Å². The SMILES string of the molecule is C=CCc1cc(/C=C2\C(=O)NC(=O)N(c3cccc(Cl)c3C)C2=O)cc(OCC)c1OCC(=O)O. The summed E-state index contributed by atoms with van der Waals surface area (Å²) in [6.07, 6.45) is 3.22. The lowest BCUT2D eigenvalue weighted by atomic mass is 10.0. The van der Waals surface area contributed by atoms with Crippen LogP contribution in [-0.4, -0.2) is 42.1 Å². The summed E-state index contributed by atoms with van der Waals surface area (Å²) in [6, 6.07) is 7.03. The number of anilines is 1. The minimum Gasteiger partial charge on any atom is -0.490 e. The number of carboxylic acids is 1. The monoisotopic (exact) mass is 498 g/mol. The Balaban J connectivity index is 2.10. The van der Waals surface area contributed by atoms with Crippen LogP contribution in [0.5, 0.6) is 11.5 Å². The van der Waals surface area contributed by atoms with Gasteiger partial charge in [-0.15, -0.1) is 6.58 Å². The summed E-state index contributed by atoms with van der Waals surface area (Å²) < 4.78 is 11.1. The van der Waals surface area contributed by atoms with Crippen molar-refractivity contribution in [3.05, 3.63) is 70.3 Å². The van der Waals surface area contributed by atoms with E-state index in [1.54, 1.807) is 44.2 Å². The number of benzene rings is 2. The average Bonchev–Trinajstić information content (AvgIpc) is 2.79. The molecule has 2 aromatic carbocycles. The zero-order valence-corrected chi connectivity index (χ0v) is 19.8. The number of barbiturate groups is 1. The van der Waals surface area contributed by atoms with Gasteiger partial charge in [0.15, 0.2) is 18.1 Å². The highest BCUT2D eigenvalue weighted by molar-refractivity contribution is 6.40. The molecule has 0 atom stereocenters. The number of hydrogen-bond acceptors (Lipinski definition) is 6. The van der Waals surface area contributed by atoms with Gasteiger partial charge in [-0.25, -0.2) is 14.5 Å². The fourth-order valence-electron chi connectivity index (χ4n) is 3.52. The minimum absolute atomic E-state index is 0.224. The predicted molar refractivity (Wildman–Crippen MR) is 130 cm³/mol. The molecule has 0 radical (unpaired) electrons. The fourth-order valence-corrected chi connectivity index (χ4v) is 3.69. The number of halogens is 1. The van der Waals surface area contributed by atoms with Crippen LogP contribution in [0.1, 0.15) is 23.6 Å². The Morgan fingerprint density at radius 3 is 2.63 bits per heavy atom. The number of nitrogens with zero attached hydrogens (tertiary/aromatic N) is 1. The molecular weight excluding hydrogens is 476 g/mol. The molecule has 1 aliphatic rings. The normalized spacial score (nSPS) is 14.7. The lowest BCUT2D eigenvalue weighted by molar-refractivity contribution is -0.139. The van der Waals surface area contributed by atoms with Gasteiger partial charge >= 0.3 is 12.0 Å². The maximum Gasteiger partial charge on any atom is 0.341 e. The maximum atomic E-state index is 13.3. The first-order chi connectivity index (χ1) is 16.7. The van der Waals surface area contributed by atoms with Crippen LogP contribution in [0.25, 0.3) is 6.08 Å². The molecule has 0 spiro atoms. The van der Waals surface area contributed by atoms with E-state index in [2.05, 4.69) is 11.9 Å². The van der Waals surface area contributed by atoms with E-state index in [-0.39, 0.29) is 29.4 Å². The summed E-state index contributed by atoms with van der Waals surface area (Å²) in [5.74, 6) is -2.37. The first kappa shape index (κ1) is 25.5. The molecular formula is C25H23ClN2O7. The minimum atomic E-state index is -1.16. The molecule has 0 bridgehead atoms. The van der Waals surface area contributed by atoms with Crippen LogP contribution in [0.15, 0.2) is 48.6 Å². The van der Waals surface area contributed by atoms with Crippen molar-refractivity contribution in [1.82, 2.24) is 5.32 Å². The summed E-state index contributed by atoms with van der Waals surface area (Å²) in [5, 5.41) is 11.5. The van der Waals surface area contributed by atoms with E-state index in [9.17, 15) is 19.2 Å². The Labute approximate surface area is 206 Å². The molecule has 1 fully saturated rings. The van der Waals surface area contributed by atoms with Crippen molar-refractivity contribution >= 4 is 47.2 Å². The van der Waals surface area contributed by atoms with E-state index >= 15 is 0 Å². The Hall–Kier alpha value is -4.11. The van der Waals surface area contributed by atoms with E-state index < -0.39 is 30.4 Å². The molecule has 10 heteroatoms. The Morgan fingerprint density at radius 2 is 1.97 bits per heavy atom. The number of hydrogen-bond donors (Lipinski definition) is 2. The second kappa shape index (κ2) is 10.9. The zero-order chi connectivity index (χ0) is 25.7. The van der Waals surface area contributed by atoms with Gasteiger partial charge in [-0.2, -0.15) is 0 Å². The summed E-state index contributed by atoms with van der Waals surface area (Å²) in [4.78, 5) is 50.3. The molecule has 182 valence electrons. The highest BCUT2D eigenvalue weighted by atomic mass is 35.5. The van der Waals surface area contributed by atoms with Gasteiger partial charge < -0.3 is 14.6 Å². The van der Waals surface area contributed by atoms with Crippen molar-refractivity contribution in [3.63, 3.8) is 0 Å². The number of amides is 4. The molecule has 1 heterocycles. The van der Waals surface area contributed by atoms with E-state index in [0.717, 1.165) is 4.90 Å². The second-order valence-corrected chi connectivity index (χ2v) is 7.86. The quantitative estimate of drug-likeness (QED) is 0.305. The van der Waals surface area contributed by atoms with Gasteiger partial charge in [-0.1, -0.05) is 23.7 Å². The first-order valence-corrected chi connectivity index (χ1v) is 11.0. The first-order valence-electron chi connectivity index (χ1n) is 10.6. The van der Waals surface area contributed by atoms with E-state index in [4.69, 9.17) is 26.2 Å². The van der Waals surface area contributed by atoms with Crippen molar-refractivity contribution in [2.75, 3.05) is 18.1 Å². The molecule has 0 unspecified atom stereocenters. The third-order valence-electron chi connectivity index (χ3n) is 5.05. The number of allylic oxidation sites excluding steroid dienone is 1. The summed E-state index contributed by atoms with van der Waals surface area (Å²) in [7, 11) is 0. The van der Waals surface area contributed by atoms with Crippen LogP contribution in [0.2, 0.25) is 5.02 Å². The molecule has 9 nitrogen and oxygen atoms in total. The molecule has 2 N–H and O–H groups in total. The van der Waals surface area contributed by atoms with E-state index in [1.165, 1.54) is 12.1 Å². The molecule has 1 aliphatic heterocycles. The molecule has 35 heavy (non-hydrogen) atoms. The number of imide groups is 2. The molecule has 4 amide bonds. The maximum absolute atomic E-state index is 13.3. The van der Waals surface area contributed by atoms with Crippen molar-refractivity contribution < 1.29 is 33.8 Å². The number of carboxylic acid groups (broad SMARTS) is 1. The van der Waals surface area contributed by atoms with Gasteiger partial charge in [-0.05, 0) is 61.7 Å². The van der Waals surface area contributed by atoms with Crippen LogP contribution in [0.4, 0.5) is 10.5 Å². The molecule has 1 saturated heterocycles. The summed E-state index contributed by atoms with van der Waals surface area (Å²) in [5.41, 5.74) is 1.41. The molecule has 0 aromatic heterocycles. The van der Waals surface area contributed by atoms with Crippen molar-refractivity contribution in [3.8, 4) is 11.5 Å². The molecule has 0 aliphatic carbocycles. The number of carbonyl (C=O) groups is 4. The van der Waals surface area contributed by atoms with Crippen LogP contribution in [0, 0.1) is 6.92 Å². The lowest BCUT2D eigenvalue weighted by Gasteiger charge is -2.27. The second-order valence-electron chi connectivity index (χ2n) is 7.46. The number of carbonyl (C=O) groups excluding carboxylic acids is 3. The van der Waals surface area contributed by atoms with Gasteiger partial charge in [0.05, 0.1) is 12.3 Å². The average molecular weight is 499 g/mol. The lowest BCUT2D eigenvalue weighted by Crippen LogP contribution is -2.54. The van der Waals surface area contributed by atoms with Crippen LogP contribution >= 0.6 is 11.6 Å². The predicted octanol–water partition coefficient (Wildman–Crippen LogP) is 3.91. The molecule has 2 aromatic rings. The standard InChI is InChI=1S/C25H23ClN2O7/c1-4-7-16-10-15(12-20(34-5-2)22(16)35-13-21(29)30)11-17-23(31)27-25(33)28(24(17)32)19-9-6-8-18(26)14(19)3/h4,6,8-12H,1,5,7,13H2,2-3H3,(H,29,30)(H,27,31,33)/b17-11+. The topological polar surface area (TPSA) is 122 Å². The van der Waals surface area contributed by atoms with E-state index in [1.807, 2.05) is 0 Å². The fraction of sp³-hybridized carbons (Fsp3) is 0.200. The number of rotatable bonds is 9. The zero-order valence-electron chi connectivity index (χ0n) is 19.1. The smallest absolute Gasteiger partial charge is 0.341 e. The number of aliphatic carboxylic acids is 1.